The Hall–Kier alpha value is -1.59. The fourth-order valence-electron chi connectivity index (χ4n) is 5.97. The minimum Gasteiger partial charge on any atom is -0.390 e. The summed E-state index contributed by atoms with van der Waals surface area (Å²) in [7, 11) is -4.29. The van der Waals surface area contributed by atoms with Crippen LogP contribution in [0.25, 0.3) is 5.52 Å². The first-order valence-corrected chi connectivity index (χ1v) is 18.9. The van der Waals surface area contributed by atoms with Gasteiger partial charge >= 0.3 is 7.82 Å². The number of aliphatic hydroxyl groups is 1. The number of hydrogen-bond donors (Lipinski definition) is 3. The number of nitrogens with two attached hydrogens (primary N) is 1. The molecule has 1 saturated heterocycles. The number of hydrogen-bond acceptors (Lipinski definition) is 9. The number of ether oxygens (including phenoxy) is 2. The second-order valence-electron chi connectivity index (χ2n) is 12.8. The Bertz CT molecular complexity index is 1140. The molecule has 12 heteroatoms. The number of phosphoric ester groups is 1. The highest BCUT2D eigenvalue weighted by Crippen LogP contribution is 2.47. The molecule has 1 aliphatic heterocycles. The van der Waals surface area contributed by atoms with E-state index < -0.39 is 25.6 Å². The van der Waals surface area contributed by atoms with Crippen LogP contribution in [-0.4, -0.2) is 62.7 Å². The molecule has 0 saturated carbocycles. The molecule has 3 heterocycles. The summed E-state index contributed by atoms with van der Waals surface area (Å²) in [6.45, 7) is 4.99. The fourth-order valence-corrected chi connectivity index (χ4v) is 6.84. The summed E-state index contributed by atoms with van der Waals surface area (Å²) in [5, 5.41) is 14.9. The van der Waals surface area contributed by atoms with E-state index in [4.69, 9.17) is 24.3 Å². The van der Waals surface area contributed by atoms with Gasteiger partial charge in [0.1, 0.15) is 17.9 Å². The van der Waals surface area contributed by atoms with Crippen molar-refractivity contribution >= 4 is 19.2 Å². The van der Waals surface area contributed by atoms with E-state index in [-0.39, 0.29) is 19.6 Å². The number of phosphoric acid groups is 1. The van der Waals surface area contributed by atoms with Crippen molar-refractivity contribution in [1.29, 1.82) is 0 Å². The third-order valence-corrected chi connectivity index (χ3v) is 9.53. The van der Waals surface area contributed by atoms with Gasteiger partial charge in [0.2, 0.25) is 0 Å². The lowest BCUT2D eigenvalue weighted by molar-refractivity contribution is -0.0719. The van der Waals surface area contributed by atoms with E-state index >= 15 is 0 Å². The van der Waals surface area contributed by atoms with Gasteiger partial charge < -0.3 is 25.2 Å². The van der Waals surface area contributed by atoms with E-state index in [0.29, 0.717) is 36.7 Å². The van der Waals surface area contributed by atoms with Crippen LogP contribution in [-0.2, 0) is 23.1 Å². The molecule has 1 unspecified atom stereocenters. The highest BCUT2D eigenvalue weighted by Gasteiger charge is 2.46. The summed E-state index contributed by atoms with van der Waals surface area (Å²) in [6.07, 6.45) is 21.9. The Kier molecular flexibility index (Phi) is 17.3. The third kappa shape index (κ3) is 14.0. The van der Waals surface area contributed by atoms with Gasteiger partial charge in [0.15, 0.2) is 5.82 Å². The molecule has 0 spiro atoms. The molecule has 0 bridgehead atoms. The van der Waals surface area contributed by atoms with Gasteiger partial charge in [-0.3, -0.25) is 9.05 Å². The number of aromatic nitrogens is 3. The largest absolute Gasteiger partial charge is 0.472 e. The van der Waals surface area contributed by atoms with Gasteiger partial charge in [0, 0.05) is 19.6 Å². The molecule has 2 aromatic heterocycles. The maximum atomic E-state index is 12.4. The van der Waals surface area contributed by atoms with E-state index in [1.54, 1.807) is 23.6 Å². The minimum absolute atomic E-state index is 0.0484. The standard InChI is InChI=1S/C33H59N4O7P/c1-3-4-5-6-7-8-9-10-11-12-13-14-15-16-17-18-22-41-23-19-24-42-45(39,40)43-26-33(2)25-30(38)31(44-33)28-20-21-29-32(34)35-27-36-37(28)29/h20-21,27,30-31,38H,3-19,22-26H2,1-2H3,(H,39,40)(H2,34,35,36)/t30-,31+,33+/m1/s1. The first-order valence-electron chi connectivity index (χ1n) is 17.4. The Labute approximate surface area is 270 Å². The zero-order valence-corrected chi connectivity index (χ0v) is 28.6. The van der Waals surface area contributed by atoms with Gasteiger partial charge in [-0.1, -0.05) is 103 Å². The van der Waals surface area contributed by atoms with Crippen molar-refractivity contribution < 1.29 is 33.1 Å². The van der Waals surface area contributed by atoms with Crippen LogP contribution < -0.4 is 5.73 Å². The van der Waals surface area contributed by atoms with E-state index in [9.17, 15) is 14.6 Å². The van der Waals surface area contributed by atoms with Gasteiger partial charge in [-0.05, 0) is 31.9 Å². The predicted molar refractivity (Wildman–Crippen MR) is 177 cm³/mol. The lowest BCUT2D eigenvalue weighted by Gasteiger charge is -2.25. The van der Waals surface area contributed by atoms with Crippen LogP contribution in [0.15, 0.2) is 18.5 Å². The molecule has 45 heavy (non-hydrogen) atoms. The molecular formula is C33H59N4O7P. The van der Waals surface area contributed by atoms with Gasteiger partial charge in [-0.25, -0.2) is 14.1 Å². The van der Waals surface area contributed by atoms with E-state index in [0.717, 1.165) is 6.42 Å². The van der Waals surface area contributed by atoms with Crippen molar-refractivity contribution in [2.45, 2.75) is 147 Å². The molecule has 4 N–H and O–H groups in total. The molecule has 3 rings (SSSR count). The molecule has 0 aliphatic carbocycles. The first-order chi connectivity index (χ1) is 21.7. The summed E-state index contributed by atoms with van der Waals surface area (Å²) in [5.74, 6) is 0.318. The van der Waals surface area contributed by atoms with Crippen molar-refractivity contribution in [2.24, 2.45) is 0 Å². The van der Waals surface area contributed by atoms with E-state index in [2.05, 4.69) is 17.0 Å². The molecule has 0 aromatic carbocycles. The van der Waals surface area contributed by atoms with Crippen LogP contribution >= 0.6 is 7.82 Å². The second-order valence-corrected chi connectivity index (χ2v) is 14.3. The quantitative estimate of drug-likeness (QED) is 0.0680. The summed E-state index contributed by atoms with van der Waals surface area (Å²) in [6, 6.07) is 3.52. The second kappa shape index (κ2) is 20.6. The summed E-state index contributed by atoms with van der Waals surface area (Å²) >= 11 is 0. The first kappa shape index (κ1) is 37.9. The maximum Gasteiger partial charge on any atom is 0.472 e. The Balaban J connectivity index is 1.14. The molecule has 0 radical (unpaired) electrons. The van der Waals surface area contributed by atoms with Crippen LogP contribution in [0.3, 0.4) is 0 Å². The number of nitrogens with zero attached hydrogens (tertiary/aromatic N) is 3. The number of aliphatic hydroxyl groups excluding tert-OH is 1. The minimum atomic E-state index is -4.29. The van der Waals surface area contributed by atoms with E-state index in [1.165, 1.54) is 103 Å². The number of anilines is 1. The zero-order valence-electron chi connectivity index (χ0n) is 27.7. The molecular weight excluding hydrogens is 595 g/mol. The Morgan fingerprint density at radius 3 is 2.11 bits per heavy atom. The fraction of sp³-hybridized carbons (Fsp3) is 0.818. The van der Waals surface area contributed by atoms with Crippen molar-refractivity contribution in [2.75, 3.05) is 32.2 Å². The average molecular weight is 655 g/mol. The van der Waals surface area contributed by atoms with Crippen molar-refractivity contribution in [3.63, 3.8) is 0 Å². The maximum absolute atomic E-state index is 12.4. The average Bonchev–Trinajstić information content (AvgIpc) is 3.58. The SMILES string of the molecule is CCCCCCCCCCCCCCCCCCOCCCOP(=O)(O)OC[C@]1(C)C[C@@H](O)[C@H](c2ccc3c(N)ncnn23)O1. The number of nitrogen functional groups attached to an aromatic ring is 1. The molecule has 258 valence electrons. The Morgan fingerprint density at radius 1 is 0.911 bits per heavy atom. The van der Waals surface area contributed by atoms with E-state index in [1.807, 2.05) is 0 Å². The third-order valence-electron chi connectivity index (χ3n) is 8.57. The van der Waals surface area contributed by atoms with Crippen LogP contribution in [0.4, 0.5) is 5.82 Å². The van der Waals surface area contributed by atoms with Crippen molar-refractivity contribution in [3.05, 3.63) is 24.2 Å². The number of unbranched alkanes of at least 4 members (excludes halogenated alkanes) is 15. The van der Waals surface area contributed by atoms with Crippen LogP contribution in [0.1, 0.15) is 141 Å². The van der Waals surface area contributed by atoms with Gasteiger partial charge in [0.25, 0.3) is 0 Å². The predicted octanol–water partition coefficient (Wildman–Crippen LogP) is 7.69. The smallest absolute Gasteiger partial charge is 0.390 e. The monoisotopic (exact) mass is 654 g/mol. The van der Waals surface area contributed by atoms with Gasteiger partial charge in [0.05, 0.1) is 30.6 Å². The molecule has 2 aromatic rings. The topological polar surface area (TPSA) is 151 Å². The molecule has 0 amide bonds. The summed E-state index contributed by atoms with van der Waals surface area (Å²) in [5.41, 5.74) is 6.13. The van der Waals surface area contributed by atoms with Crippen LogP contribution in [0, 0.1) is 0 Å². The highest BCUT2D eigenvalue weighted by molar-refractivity contribution is 7.47. The van der Waals surface area contributed by atoms with Crippen molar-refractivity contribution in [3.8, 4) is 0 Å². The number of rotatable bonds is 26. The molecule has 4 atom stereocenters. The lowest BCUT2D eigenvalue weighted by Crippen LogP contribution is -2.30. The summed E-state index contributed by atoms with van der Waals surface area (Å²) < 4.78 is 36.1. The van der Waals surface area contributed by atoms with Crippen molar-refractivity contribution in [1.82, 2.24) is 14.6 Å². The molecule has 1 fully saturated rings. The summed E-state index contributed by atoms with van der Waals surface area (Å²) in [4.78, 5) is 14.1. The molecule has 1 aliphatic rings. The van der Waals surface area contributed by atoms with Gasteiger partial charge in [-0.15, -0.1) is 0 Å². The van der Waals surface area contributed by atoms with Gasteiger partial charge in [-0.2, -0.15) is 5.10 Å². The highest BCUT2D eigenvalue weighted by atomic mass is 31.2. The Morgan fingerprint density at radius 2 is 1.49 bits per heavy atom. The lowest BCUT2D eigenvalue weighted by atomic mass is 10.0. The molecule has 11 nitrogen and oxygen atoms in total. The normalized spacial score (nSPS) is 21.5. The van der Waals surface area contributed by atoms with Crippen LogP contribution in [0.2, 0.25) is 0 Å². The van der Waals surface area contributed by atoms with Crippen LogP contribution in [0.5, 0.6) is 0 Å². The zero-order chi connectivity index (χ0) is 32.4. The number of fused-ring (bicyclic) bond motifs is 1.